The number of para-hydroxylation sites is 1. The second-order valence-corrected chi connectivity index (χ2v) is 5.43. The summed E-state index contributed by atoms with van der Waals surface area (Å²) in [5.74, 6) is -0.707. The number of carbonyl (C=O) groups excluding carboxylic acids is 1. The summed E-state index contributed by atoms with van der Waals surface area (Å²) >= 11 is 1.32. The van der Waals surface area contributed by atoms with Gasteiger partial charge in [-0.25, -0.2) is 8.78 Å². The van der Waals surface area contributed by atoms with E-state index in [0.717, 1.165) is 23.4 Å². The number of hydrogen-bond acceptors (Lipinski definition) is 4. The van der Waals surface area contributed by atoms with Gasteiger partial charge in [-0.2, -0.15) is 0 Å². The Kier molecular flexibility index (Phi) is 4.95. The number of anilines is 1. The Hall–Kier alpha value is -1.89. The molecule has 0 radical (unpaired) electrons. The molecule has 0 saturated heterocycles. The number of aryl methyl sites for hydroxylation is 2. The Bertz CT molecular complexity index is 619. The van der Waals surface area contributed by atoms with Crippen LogP contribution in [0.5, 0.6) is 0 Å². The van der Waals surface area contributed by atoms with Gasteiger partial charge in [0.05, 0.1) is 11.4 Å². The van der Waals surface area contributed by atoms with Crippen LogP contribution in [0.1, 0.15) is 17.0 Å². The van der Waals surface area contributed by atoms with Crippen molar-refractivity contribution >= 4 is 23.4 Å². The van der Waals surface area contributed by atoms with Crippen LogP contribution in [-0.2, 0) is 10.5 Å². The number of amides is 1. The average molecular weight is 312 g/mol. The summed E-state index contributed by atoms with van der Waals surface area (Å²) in [6.07, 6.45) is 0. The number of aromatic nitrogens is 1. The summed E-state index contributed by atoms with van der Waals surface area (Å²) in [7, 11) is 0. The maximum atomic E-state index is 13.4. The molecule has 1 aromatic heterocycles. The third-order valence-corrected chi connectivity index (χ3v) is 3.85. The highest BCUT2D eigenvalue weighted by atomic mass is 32.2. The van der Waals surface area contributed by atoms with Crippen LogP contribution in [0.3, 0.4) is 0 Å². The molecular formula is C14H14F2N2O2S. The SMILES string of the molecule is Cc1noc(C)c1CSCC(=O)Nc1c(F)cccc1F. The number of carbonyl (C=O) groups is 1. The van der Waals surface area contributed by atoms with Crippen molar-refractivity contribution in [2.75, 3.05) is 11.1 Å². The molecule has 0 bridgehead atoms. The molecule has 0 aliphatic heterocycles. The molecule has 0 fully saturated rings. The maximum absolute atomic E-state index is 13.4. The van der Waals surface area contributed by atoms with Gasteiger partial charge in [-0.3, -0.25) is 4.79 Å². The number of halogens is 2. The van der Waals surface area contributed by atoms with Crippen molar-refractivity contribution in [3.8, 4) is 0 Å². The quantitative estimate of drug-likeness (QED) is 0.919. The molecule has 0 unspecified atom stereocenters. The number of benzene rings is 1. The van der Waals surface area contributed by atoms with E-state index in [2.05, 4.69) is 10.5 Å². The second-order valence-electron chi connectivity index (χ2n) is 4.44. The lowest BCUT2D eigenvalue weighted by molar-refractivity contribution is -0.113. The van der Waals surface area contributed by atoms with Gasteiger partial charge in [0.25, 0.3) is 0 Å². The Morgan fingerprint density at radius 1 is 1.33 bits per heavy atom. The van der Waals surface area contributed by atoms with Gasteiger partial charge in [0.2, 0.25) is 5.91 Å². The molecule has 0 aliphatic rings. The summed E-state index contributed by atoms with van der Waals surface area (Å²) in [5.41, 5.74) is 1.30. The van der Waals surface area contributed by atoms with Crippen molar-refractivity contribution < 1.29 is 18.1 Å². The Balaban J connectivity index is 1.88. The smallest absolute Gasteiger partial charge is 0.234 e. The zero-order valence-electron chi connectivity index (χ0n) is 11.6. The molecule has 0 atom stereocenters. The molecule has 1 heterocycles. The minimum atomic E-state index is -0.793. The fraction of sp³-hybridized carbons (Fsp3) is 0.286. The standard InChI is InChI=1S/C14H14F2N2O2S/c1-8-10(9(2)20-18-8)6-21-7-13(19)17-14-11(15)4-3-5-12(14)16/h3-5H,6-7H2,1-2H3,(H,17,19). The van der Waals surface area contributed by atoms with E-state index >= 15 is 0 Å². The molecular weight excluding hydrogens is 298 g/mol. The van der Waals surface area contributed by atoms with Crippen molar-refractivity contribution in [1.82, 2.24) is 5.16 Å². The topological polar surface area (TPSA) is 55.1 Å². The first-order chi connectivity index (χ1) is 9.99. The largest absolute Gasteiger partial charge is 0.361 e. The molecule has 0 saturated carbocycles. The fourth-order valence-corrected chi connectivity index (χ4v) is 2.72. The van der Waals surface area contributed by atoms with Gasteiger partial charge < -0.3 is 9.84 Å². The van der Waals surface area contributed by atoms with E-state index in [1.807, 2.05) is 6.92 Å². The molecule has 0 aliphatic carbocycles. The monoisotopic (exact) mass is 312 g/mol. The van der Waals surface area contributed by atoms with Crippen molar-refractivity contribution in [3.05, 3.63) is 46.9 Å². The predicted molar refractivity (Wildman–Crippen MR) is 77.1 cm³/mol. The fourth-order valence-electron chi connectivity index (χ4n) is 1.75. The first kappa shape index (κ1) is 15.5. The first-order valence-corrected chi connectivity index (χ1v) is 7.38. The van der Waals surface area contributed by atoms with Gasteiger partial charge in [-0.1, -0.05) is 11.2 Å². The van der Waals surface area contributed by atoms with Crippen molar-refractivity contribution in [2.24, 2.45) is 0 Å². The number of hydrogen-bond donors (Lipinski definition) is 1. The van der Waals surface area contributed by atoms with Crippen LogP contribution in [0.15, 0.2) is 22.7 Å². The van der Waals surface area contributed by atoms with E-state index in [9.17, 15) is 13.6 Å². The third-order valence-electron chi connectivity index (χ3n) is 2.89. The minimum absolute atomic E-state index is 0.0812. The highest BCUT2D eigenvalue weighted by Gasteiger charge is 2.13. The summed E-state index contributed by atoms with van der Waals surface area (Å²) in [6.45, 7) is 3.62. The van der Waals surface area contributed by atoms with Crippen LogP contribution >= 0.6 is 11.8 Å². The second kappa shape index (κ2) is 6.71. The molecule has 7 heteroatoms. The predicted octanol–water partition coefficient (Wildman–Crippen LogP) is 3.44. The van der Waals surface area contributed by atoms with E-state index in [1.54, 1.807) is 6.92 Å². The van der Waals surface area contributed by atoms with Crippen LogP contribution in [0.2, 0.25) is 0 Å². The normalized spacial score (nSPS) is 10.7. The zero-order valence-corrected chi connectivity index (χ0v) is 12.4. The number of thioether (sulfide) groups is 1. The van der Waals surface area contributed by atoms with Crippen LogP contribution in [0, 0.1) is 25.5 Å². The zero-order chi connectivity index (χ0) is 15.4. The number of nitrogens with one attached hydrogen (secondary N) is 1. The van der Waals surface area contributed by atoms with E-state index in [0.29, 0.717) is 11.5 Å². The summed E-state index contributed by atoms with van der Waals surface area (Å²) in [6, 6.07) is 3.43. The minimum Gasteiger partial charge on any atom is -0.361 e. The number of rotatable bonds is 5. The molecule has 1 amide bonds. The Labute approximate surface area is 124 Å². The molecule has 112 valence electrons. The Morgan fingerprint density at radius 3 is 2.57 bits per heavy atom. The van der Waals surface area contributed by atoms with E-state index in [4.69, 9.17) is 4.52 Å². The van der Waals surface area contributed by atoms with Gasteiger partial charge in [-0.15, -0.1) is 11.8 Å². The molecule has 0 spiro atoms. The van der Waals surface area contributed by atoms with Crippen molar-refractivity contribution in [1.29, 1.82) is 0 Å². The molecule has 21 heavy (non-hydrogen) atoms. The molecule has 1 aromatic carbocycles. The summed E-state index contributed by atoms with van der Waals surface area (Å²) < 4.78 is 31.8. The summed E-state index contributed by atoms with van der Waals surface area (Å²) in [5, 5.41) is 6.06. The van der Waals surface area contributed by atoms with Gasteiger partial charge in [-0.05, 0) is 26.0 Å². The summed E-state index contributed by atoms with van der Waals surface area (Å²) in [4.78, 5) is 11.7. The lowest BCUT2D eigenvalue weighted by atomic mass is 10.2. The van der Waals surface area contributed by atoms with Gasteiger partial charge >= 0.3 is 0 Å². The third kappa shape index (κ3) is 3.81. The highest BCUT2D eigenvalue weighted by molar-refractivity contribution is 7.99. The Morgan fingerprint density at radius 2 is 2.00 bits per heavy atom. The van der Waals surface area contributed by atoms with Crippen molar-refractivity contribution in [2.45, 2.75) is 19.6 Å². The maximum Gasteiger partial charge on any atom is 0.234 e. The molecule has 2 rings (SSSR count). The average Bonchev–Trinajstić information content (AvgIpc) is 2.75. The molecule has 2 aromatic rings. The van der Waals surface area contributed by atoms with Crippen LogP contribution < -0.4 is 5.32 Å². The molecule has 4 nitrogen and oxygen atoms in total. The lowest BCUT2D eigenvalue weighted by Gasteiger charge is -2.07. The van der Waals surface area contributed by atoms with E-state index in [-0.39, 0.29) is 5.75 Å². The van der Waals surface area contributed by atoms with Gasteiger partial charge in [0.15, 0.2) is 0 Å². The van der Waals surface area contributed by atoms with Crippen molar-refractivity contribution in [3.63, 3.8) is 0 Å². The lowest BCUT2D eigenvalue weighted by Crippen LogP contribution is -2.16. The van der Waals surface area contributed by atoms with Gasteiger partial charge in [0.1, 0.15) is 23.1 Å². The number of nitrogens with zero attached hydrogens (tertiary/aromatic N) is 1. The molecule has 1 N–H and O–H groups in total. The first-order valence-electron chi connectivity index (χ1n) is 6.22. The van der Waals surface area contributed by atoms with Crippen LogP contribution in [0.25, 0.3) is 0 Å². The van der Waals surface area contributed by atoms with Gasteiger partial charge in [0, 0.05) is 11.3 Å². The highest BCUT2D eigenvalue weighted by Crippen LogP contribution is 2.21. The van der Waals surface area contributed by atoms with Crippen LogP contribution in [-0.4, -0.2) is 16.8 Å². The van der Waals surface area contributed by atoms with Crippen LogP contribution in [0.4, 0.5) is 14.5 Å². The van der Waals surface area contributed by atoms with E-state index in [1.165, 1.54) is 17.8 Å². The van der Waals surface area contributed by atoms with E-state index < -0.39 is 23.2 Å².